The predicted octanol–water partition coefficient (Wildman–Crippen LogP) is 2.69. The molecule has 94 valence electrons. The number of hydrogen-bond acceptors (Lipinski definition) is 2. The monoisotopic (exact) mass is 246 g/mol. The second kappa shape index (κ2) is 4.88. The van der Waals surface area contributed by atoms with Gasteiger partial charge in [-0.1, -0.05) is 42.5 Å². The van der Waals surface area contributed by atoms with Gasteiger partial charge in [-0.05, 0) is 24.1 Å². The molecule has 0 aliphatic carbocycles. The van der Waals surface area contributed by atoms with Gasteiger partial charge in [0.25, 0.3) is 0 Å². The van der Waals surface area contributed by atoms with Crippen LogP contribution in [0.15, 0.2) is 48.5 Å². The summed E-state index contributed by atoms with van der Waals surface area (Å²) in [5, 5.41) is 18.9. The second-order valence-electron chi connectivity index (χ2n) is 4.49. The van der Waals surface area contributed by atoms with Gasteiger partial charge in [-0.15, -0.1) is 0 Å². The van der Waals surface area contributed by atoms with E-state index in [4.69, 9.17) is 5.11 Å². The van der Waals surface area contributed by atoms with Gasteiger partial charge in [0.1, 0.15) is 11.4 Å². The van der Waals surface area contributed by atoms with E-state index in [-0.39, 0.29) is 0 Å². The molecule has 2 aromatic rings. The van der Waals surface area contributed by atoms with E-state index >= 15 is 0 Å². The Kier molecular flexibility index (Phi) is 3.45. The zero-order chi connectivity index (χ0) is 13.2. The zero-order valence-corrected chi connectivity index (χ0v) is 10.1. The fourth-order valence-electron chi connectivity index (χ4n) is 1.79. The molecule has 2 aromatic carbocycles. The minimum Gasteiger partial charge on any atom is -0.393 e. The average molecular weight is 246 g/mol. The number of benzene rings is 2. The SMILES string of the molecule is C[C@@](O)(CO)c1ccc(-c2ccccc2)c(F)c1. The highest BCUT2D eigenvalue weighted by atomic mass is 19.1. The molecule has 0 spiro atoms. The largest absolute Gasteiger partial charge is 0.393 e. The molecule has 0 amide bonds. The van der Waals surface area contributed by atoms with E-state index in [9.17, 15) is 9.50 Å². The Morgan fingerprint density at radius 3 is 2.33 bits per heavy atom. The quantitative estimate of drug-likeness (QED) is 0.874. The highest BCUT2D eigenvalue weighted by Gasteiger charge is 2.23. The van der Waals surface area contributed by atoms with Crippen molar-refractivity contribution in [3.63, 3.8) is 0 Å². The Hall–Kier alpha value is -1.71. The van der Waals surface area contributed by atoms with Crippen molar-refractivity contribution >= 4 is 0 Å². The van der Waals surface area contributed by atoms with E-state index < -0.39 is 18.0 Å². The molecule has 0 aromatic heterocycles. The molecule has 2 N–H and O–H groups in total. The molecule has 0 saturated heterocycles. The molecule has 3 heteroatoms. The third-order valence-corrected chi connectivity index (χ3v) is 2.98. The highest BCUT2D eigenvalue weighted by Crippen LogP contribution is 2.27. The van der Waals surface area contributed by atoms with Gasteiger partial charge in [-0.2, -0.15) is 0 Å². The van der Waals surface area contributed by atoms with E-state index in [2.05, 4.69) is 0 Å². The average Bonchev–Trinajstić information content (AvgIpc) is 2.39. The van der Waals surface area contributed by atoms with E-state index in [0.717, 1.165) is 5.56 Å². The van der Waals surface area contributed by atoms with Crippen molar-refractivity contribution in [3.8, 4) is 11.1 Å². The van der Waals surface area contributed by atoms with Crippen molar-refractivity contribution in [3.05, 3.63) is 59.9 Å². The van der Waals surface area contributed by atoms with Gasteiger partial charge >= 0.3 is 0 Å². The summed E-state index contributed by atoms with van der Waals surface area (Å²) in [5.41, 5.74) is 0.205. The smallest absolute Gasteiger partial charge is 0.131 e. The zero-order valence-electron chi connectivity index (χ0n) is 10.1. The van der Waals surface area contributed by atoms with Crippen molar-refractivity contribution in [1.82, 2.24) is 0 Å². The molecule has 0 saturated carbocycles. The first-order valence-corrected chi connectivity index (χ1v) is 5.73. The topological polar surface area (TPSA) is 40.5 Å². The lowest BCUT2D eigenvalue weighted by Crippen LogP contribution is -2.25. The first-order chi connectivity index (χ1) is 8.54. The number of aliphatic hydroxyl groups excluding tert-OH is 1. The normalized spacial score (nSPS) is 14.2. The third kappa shape index (κ3) is 2.42. The first kappa shape index (κ1) is 12.7. The summed E-state index contributed by atoms with van der Waals surface area (Å²) in [6.07, 6.45) is 0. The number of aliphatic hydroxyl groups is 2. The summed E-state index contributed by atoms with van der Waals surface area (Å²) in [6, 6.07) is 13.7. The van der Waals surface area contributed by atoms with E-state index in [1.54, 1.807) is 12.1 Å². The van der Waals surface area contributed by atoms with Gasteiger partial charge in [0.05, 0.1) is 6.61 Å². The second-order valence-corrected chi connectivity index (χ2v) is 4.49. The predicted molar refractivity (Wildman–Crippen MR) is 68.5 cm³/mol. The van der Waals surface area contributed by atoms with Crippen LogP contribution in [0.5, 0.6) is 0 Å². The molecule has 1 atom stereocenters. The number of halogens is 1. The standard InChI is InChI=1S/C15H15FO2/c1-15(18,10-17)12-7-8-13(14(16)9-12)11-5-3-2-4-6-11/h2-9,17-18H,10H2,1H3/t15-/m1/s1. The Bertz CT molecular complexity index is 535. The molecule has 2 nitrogen and oxygen atoms in total. The van der Waals surface area contributed by atoms with Crippen molar-refractivity contribution in [2.45, 2.75) is 12.5 Å². The minimum absolute atomic E-state index is 0.363. The summed E-state index contributed by atoms with van der Waals surface area (Å²) >= 11 is 0. The van der Waals surface area contributed by atoms with Gasteiger partial charge in [0, 0.05) is 5.56 Å². The van der Waals surface area contributed by atoms with Crippen LogP contribution in [-0.2, 0) is 5.60 Å². The highest BCUT2D eigenvalue weighted by molar-refractivity contribution is 5.64. The van der Waals surface area contributed by atoms with Crippen LogP contribution in [0.4, 0.5) is 4.39 Å². The van der Waals surface area contributed by atoms with Crippen LogP contribution in [0.1, 0.15) is 12.5 Å². The lowest BCUT2D eigenvalue weighted by Gasteiger charge is -2.21. The molecule has 0 bridgehead atoms. The van der Waals surface area contributed by atoms with Gasteiger partial charge in [-0.25, -0.2) is 4.39 Å². The Labute approximate surface area is 105 Å². The van der Waals surface area contributed by atoms with Crippen molar-refractivity contribution in [2.75, 3.05) is 6.61 Å². The summed E-state index contributed by atoms with van der Waals surface area (Å²) in [5.74, 6) is -0.410. The van der Waals surface area contributed by atoms with Crippen LogP contribution < -0.4 is 0 Å². The Morgan fingerprint density at radius 1 is 1.11 bits per heavy atom. The lowest BCUT2D eigenvalue weighted by atomic mass is 9.94. The Balaban J connectivity index is 2.44. The molecular formula is C15H15FO2. The summed E-state index contributed by atoms with van der Waals surface area (Å²) in [4.78, 5) is 0. The first-order valence-electron chi connectivity index (χ1n) is 5.73. The molecule has 0 fully saturated rings. The van der Waals surface area contributed by atoms with Crippen LogP contribution >= 0.6 is 0 Å². The van der Waals surface area contributed by atoms with E-state index in [1.165, 1.54) is 13.0 Å². The van der Waals surface area contributed by atoms with E-state index in [0.29, 0.717) is 11.1 Å². The fraction of sp³-hybridized carbons (Fsp3) is 0.200. The minimum atomic E-state index is -1.42. The third-order valence-electron chi connectivity index (χ3n) is 2.98. The van der Waals surface area contributed by atoms with Crippen LogP contribution in [0.2, 0.25) is 0 Å². The molecule has 2 rings (SSSR count). The van der Waals surface area contributed by atoms with Gasteiger partial charge < -0.3 is 10.2 Å². The Morgan fingerprint density at radius 2 is 1.78 bits per heavy atom. The molecule has 0 aliphatic rings. The molecule has 0 heterocycles. The van der Waals surface area contributed by atoms with Crippen LogP contribution in [0.3, 0.4) is 0 Å². The lowest BCUT2D eigenvalue weighted by molar-refractivity contribution is -0.00249. The maximum Gasteiger partial charge on any atom is 0.131 e. The summed E-state index contributed by atoms with van der Waals surface area (Å²) in [7, 11) is 0. The number of hydrogen-bond donors (Lipinski definition) is 2. The van der Waals surface area contributed by atoms with Crippen molar-refractivity contribution in [2.24, 2.45) is 0 Å². The van der Waals surface area contributed by atoms with Crippen molar-refractivity contribution < 1.29 is 14.6 Å². The molecule has 18 heavy (non-hydrogen) atoms. The van der Waals surface area contributed by atoms with Gasteiger partial charge in [-0.3, -0.25) is 0 Å². The number of rotatable bonds is 3. The molecule has 0 radical (unpaired) electrons. The van der Waals surface area contributed by atoms with Crippen LogP contribution in [0, 0.1) is 5.82 Å². The van der Waals surface area contributed by atoms with E-state index in [1.807, 2.05) is 30.3 Å². The maximum atomic E-state index is 14.0. The molecule has 0 unspecified atom stereocenters. The summed E-state index contributed by atoms with van der Waals surface area (Å²) < 4.78 is 14.0. The van der Waals surface area contributed by atoms with Gasteiger partial charge in [0.2, 0.25) is 0 Å². The van der Waals surface area contributed by atoms with Gasteiger partial charge in [0.15, 0.2) is 0 Å². The molecule has 0 aliphatic heterocycles. The molecular weight excluding hydrogens is 231 g/mol. The van der Waals surface area contributed by atoms with Crippen molar-refractivity contribution in [1.29, 1.82) is 0 Å². The fourth-order valence-corrected chi connectivity index (χ4v) is 1.79. The van der Waals surface area contributed by atoms with Crippen LogP contribution in [0.25, 0.3) is 11.1 Å². The summed E-state index contributed by atoms with van der Waals surface area (Å²) in [6.45, 7) is 1.00. The maximum absolute atomic E-state index is 14.0. The van der Waals surface area contributed by atoms with Crippen LogP contribution in [-0.4, -0.2) is 16.8 Å².